The minimum atomic E-state index is 0.595. The van der Waals surface area contributed by atoms with Crippen LogP contribution < -0.4 is 0 Å². The number of hydrogen-bond acceptors (Lipinski definition) is 3. The molecule has 2 aliphatic rings. The monoisotopic (exact) mass is 241 g/mol. The van der Waals surface area contributed by atoms with Gasteiger partial charge < -0.3 is 0 Å². The van der Waals surface area contributed by atoms with Gasteiger partial charge >= 0.3 is 0 Å². The van der Waals surface area contributed by atoms with E-state index >= 15 is 0 Å². The van der Waals surface area contributed by atoms with Crippen LogP contribution in [0.5, 0.6) is 0 Å². The number of pyridine rings is 1. The van der Waals surface area contributed by atoms with Crippen molar-refractivity contribution in [1.82, 2.24) is 9.88 Å². The largest absolute Gasteiger partial charge is 0.296 e. The Kier molecular flexibility index (Phi) is 3.29. The minimum absolute atomic E-state index is 0.595. The molecule has 0 bridgehead atoms. The van der Waals surface area contributed by atoms with E-state index in [0.29, 0.717) is 5.69 Å². The van der Waals surface area contributed by atoms with E-state index in [1.165, 1.54) is 38.6 Å². The highest BCUT2D eigenvalue weighted by Gasteiger charge is 2.34. The van der Waals surface area contributed by atoms with E-state index in [-0.39, 0.29) is 0 Å². The standard InChI is InChI=1S/C15H19N3/c16-10-14-13(5-2-8-17-14)11-18-9-3-6-12-4-1-7-15(12)18/h2,5,8,12,15H,1,3-4,6-7,9,11H2. The number of nitrogens with zero attached hydrogens (tertiary/aromatic N) is 3. The van der Waals surface area contributed by atoms with Gasteiger partial charge in [0.25, 0.3) is 0 Å². The van der Waals surface area contributed by atoms with Gasteiger partial charge in [-0.15, -0.1) is 0 Å². The zero-order chi connectivity index (χ0) is 12.4. The Morgan fingerprint density at radius 2 is 2.22 bits per heavy atom. The van der Waals surface area contributed by atoms with Gasteiger partial charge in [-0.1, -0.05) is 12.5 Å². The SMILES string of the molecule is N#Cc1ncccc1CN1CCCC2CCCC21. The summed E-state index contributed by atoms with van der Waals surface area (Å²) in [6.45, 7) is 2.08. The van der Waals surface area contributed by atoms with Crippen molar-refractivity contribution in [3.63, 3.8) is 0 Å². The lowest BCUT2D eigenvalue weighted by atomic mass is 9.91. The van der Waals surface area contributed by atoms with Gasteiger partial charge in [-0.2, -0.15) is 5.26 Å². The molecule has 18 heavy (non-hydrogen) atoms. The molecule has 2 unspecified atom stereocenters. The molecule has 3 rings (SSSR count). The van der Waals surface area contributed by atoms with Crippen LogP contribution >= 0.6 is 0 Å². The molecule has 0 aromatic carbocycles. The highest BCUT2D eigenvalue weighted by atomic mass is 15.2. The van der Waals surface area contributed by atoms with E-state index in [2.05, 4.69) is 16.0 Å². The van der Waals surface area contributed by atoms with E-state index in [9.17, 15) is 0 Å². The maximum atomic E-state index is 9.10. The molecule has 1 aliphatic carbocycles. The van der Waals surface area contributed by atoms with E-state index in [1.807, 2.05) is 12.1 Å². The first-order valence-corrected chi connectivity index (χ1v) is 6.96. The van der Waals surface area contributed by atoms with Crippen LogP contribution in [0, 0.1) is 17.2 Å². The maximum absolute atomic E-state index is 9.10. The van der Waals surface area contributed by atoms with Crippen LogP contribution in [0.15, 0.2) is 18.3 Å². The van der Waals surface area contributed by atoms with Crippen LogP contribution in [0.3, 0.4) is 0 Å². The average molecular weight is 241 g/mol. The molecule has 2 fully saturated rings. The Bertz CT molecular complexity index is 463. The van der Waals surface area contributed by atoms with Crippen molar-refractivity contribution in [3.8, 4) is 6.07 Å². The third kappa shape index (κ3) is 2.13. The van der Waals surface area contributed by atoms with E-state index in [0.717, 1.165) is 24.1 Å². The minimum Gasteiger partial charge on any atom is -0.296 e. The van der Waals surface area contributed by atoms with Crippen LogP contribution in [0.4, 0.5) is 0 Å². The average Bonchev–Trinajstić information content (AvgIpc) is 2.89. The highest BCUT2D eigenvalue weighted by molar-refractivity contribution is 5.30. The summed E-state index contributed by atoms with van der Waals surface area (Å²) in [6, 6.07) is 6.94. The second-order valence-electron chi connectivity index (χ2n) is 5.49. The van der Waals surface area contributed by atoms with E-state index < -0.39 is 0 Å². The first kappa shape index (κ1) is 11.7. The van der Waals surface area contributed by atoms with Crippen molar-refractivity contribution in [2.24, 2.45) is 5.92 Å². The topological polar surface area (TPSA) is 39.9 Å². The summed E-state index contributed by atoms with van der Waals surface area (Å²) < 4.78 is 0. The third-order valence-electron chi connectivity index (χ3n) is 4.48. The molecule has 2 heterocycles. The summed E-state index contributed by atoms with van der Waals surface area (Å²) in [5.41, 5.74) is 1.69. The molecule has 1 aliphatic heterocycles. The fraction of sp³-hybridized carbons (Fsp3) is 0.600. The molecule has 1 saturated heterocycles. The molecule has 0 N–H and O–H groups in total. The molecule has 3 heteroatoms. The van der Waals surface area contributed by atoms with Crippen molar-refractivity contribution < 1.29 is 0 Å². The van der Waals surface area contributed by atoms with Crippen LogP contribution in [0.2, 0.25) is 0 Å². The van der Waals surface area contributed by atoms with Crippen molar-refractivity contribution in [2.45, 2.75) is 44.7 Å². The summed E-state index contributed by atoms with van der Waals surface area (Å²) in [6.07, 6.45) is 8.54. The van der Waals surface area contributed by atoms with Gasteiger partial charge in [0.1, 0.15) is 11.8 Å². The molecule has 1 saturated carbocycles. The zero-order valence-corrected chi connectivity index (χ0v) is 10.7. The zero-order valence-electron chi connectivity index (χ0n) is 10.7. The third-order valence-corrected chi connectivity index (χ3v) is 4.48. The van der Waals surface area contributed by atoms with Crippen molar-refractivity contribution >= 4 is 0 Å². The lowest BCUT2D eigenvalue weighted by Crippen LogP contribution is -2.42. The lowest BCUT2D eigenvalue weighted by molar-refractivity contribution is 0.105. The molecule has 0 radical (unpaired) electrons. The Morgan fingerprint density at radius 3 is 3.11 bits per heavy atom. The summed E-state index contributed by atoms with van der Waals surface area (Å²) >= 11 is 0. The fourth-order valence-corrected chi connectivity index (χ4v) is 3.64. The van der Waals surface area contributed by atoms with Gasteiger partial charge in [0, 0.05) is 24.3 Å². The lowest BCUT2D eigenvalue weighted by Gasteiger charge is -2.37. The predicted octanol–water partition coefficient (Wildman–Crippen LogP) is 2.72. The number of nitriles is 1. The molecule has 1 aromatic rings. The second kappa shape index (κ2) is 5.07. The first-order chi connectivity index (χ1) is 8.88. The van der Waals surface area contributed by atoms with Gasteiger partial charge in [-0.3, -0.25) is 4.90 Å². The number of rotatable bonds is 2. The number of piperidine rings is 1. The Labute approximate surface area is 108 Å². The second-order valence-corrected chi connectivity index (χ2v) is 5.49. The number of aromatic nitrogens is 1. The van der Waals surface area contributed by atoms with Gasteiger partial charge in [-0.25, -0.2) is 4.98 Å². The molecule has 0 amide bonds. The number of likely N-dealkylation sites (tertiary alicyclic amines) is 1. The number of fused-ring (bicyclic) bond motifs is 1. The highest BCUT2D eigenvalue weighted by Crippen LogP contribution is 2.37. The Morgan fingerprint density at radius 1 is 1.33 bits per heavy atom. The van der Waals surface area contributed by atoms with Crippen molar-refractivity contribution in [2.75, 3.05) is 6.54 Å². The van der Waals surface area contributed by atoms with Gasteiger partial charge in [0.2, 0.25) is 0 Å². The summed E-state index contributed by atoms with van der Waals surface area (Å²) in [4.78, 5) is 6.74. The number of hydrogen-bond donors (Lipinski definition) is 0. The van der Waals surface area contributed by atoms with Crippen molar-refractivity contribution in [1.29, 1.82) is 5.26 Å². The molecule has 94 valence electrons. The molecular formula is C15H19N3. The molecule has 2 atom stereocenters. The van der Waals surface area contributed by atoms with Crippen LogP contribution in [0.1, 0.15) is 43.4 Å². The van der Waals surface area contributed by atoms with Gasteiger partial charge in [0.05, 0.1) is 0 Å². The van der Waals surface area contributed by atoms with Gasteiger partial charge in [0.15, 0.2) is 0 Å². The molecule has 3 nitrogen and oxygen atoms in total. The smallest absolute Gasteiger partial charge is 0.144 e. The predicted molar refractivity (Wildman–Crippen MR) is 69.7 cm³/mol. The fourth-order valence-electron chi connectivity index (χ4n) is 3.64. The Hall–Kier alpha value is -1.40. The summed E-state index contributed by atoms with van der Waals surface area (Å²) in [5, 5.41) is 9.10. The van der Waals surface area contributed by atoms with Gasteiger partial charge in [-0.05, 0) is 44.2 Å². The first-order valence-electron chi connectivity index (χ1n) is 6.96. The maximum Gasteiger partial charge on any atom is 0.144 e. The van der Waals surface area contributed by atoms with Crippen LogP contribution in [-0.4, -0.2) is 22.5 Å². The normalized spacial score (nSPS) is 27.7. The van der Waals surface area contributed by atoms with E-state index in [4.69, 9.17) is 5.26 Å². The Balaban J connectivity index is 1.77. The van der Waals surface area contributed by atoms with Crippen LogP contribution in [-0.2, 0) is 6.54 Å². The van der Waals surface area contributed by atoms with E-state index in [1.54, 1.807) is 6.20 Å². The quantitative estimate of drug-likeness (QED) is 0.799. The van der Waals surface area contributed by atoms with Crippen LogP contribution in [0.25, 0.3) is 0 Å². The summed E-state index contributed by atoms with van der Waals surface area (Å²) in [7, 11) is 0. The molecule has 1 aromatic heterocycles. The van der Waals surface area contributed by atoms with Crippen molar-refractivity contribution in [3.05, 3.63) is 29.6 Å². The molecular weight excluding hydrogens is 222 g/mol. The summed E-state index contributed by atoms with van der Waals surface area (Å²) in [5.74, 6) is 0.904. The molecule has 0 spiro atoms.